The second-order valence-corrected chi connectivity index (χ2v) is 3.35. The third kappa shape index (κ3) is 8.04. The molecule has 0 radical (unpaired) electrons. The molecular formula is C8H16O3S. The number of aliphatic hydroxyl groups is 1. The van der Waals surface area contributed by atoms with E-state index >= 15 is 0 Å². The van der Waals surface area contributed by atoms with E-state index in [0.29, 0.717) is 6.61 Å². The second kappa shape index (κ2) is 9.03. The van der Waals surface area contributed by atoms with Crippen LogP contribution in [0.5, 0.6) is 0 Å². The first-order chi connectivity index (χ1) is 5.81. The van der Waals surface area contributed by atoms with Crippen molar-refractivity contribution in [2.45, 2.75) is 32.6 Å². The van der Waals surface area contributed by atoms with Crippen molar-refractivity contribution >= 4 is 17.2 Å². The normalized spacial score (nSPS) is 10.2. The lowest BCUT2D eigenvalue weighted by Crippen LogP contribution is -1.99. The topological polar surface area (TPSA) is 46.5 Å². The molecule has 0 aromatic heterocycles. The number of aliphatic hydroxyl groups excluding tert-OH is 1. The molecule has 0 amide bonds. The minimum absolute atomic E-state index is 0.328. The van der Waals surface area contributed by atoms with Gasteiger partial charge in [-0.3, -0.25) is 4.79 Å². The zero-order valence-electron chi connectivity index (χ0n) is 7.41. The maximum atomic E-state index is 10.5. The summed E-state index contributed by atoms with van der Waals surface area (Å²) in [4.78, 5) is 10.5. The van der Waals surface area contributed by atoms with Gasteiger partial charge in [0.2, 0.25) is 5.12 Å². The highest BCUT2D eigenvalue weighted by molar-refractivity contribution is 8.09. The Balaban J connectivity index is 2.95. The van der Waals surface area contributed by atoms with Gasteiger partial charge in [0.05, 0.1) is 18.6 Å². The maximum absolute atomic E-state index is 10.5. The van der Waals surface area contributed by atoms with Gasteiger partial charge in [-0.25, -0.2) is 0 Å². The lowest BCUT2D eigenvalue weighted by atomic mass is 10.2. The monoisotopic (exact) mass is 192 g/mol. The summed E-state index contributed by atoms with van der Waals surface area (Å²) < 4.78 is 4.94. The molecule has 0 unspecified atom stereocenters. The van der Waals surface area contributed by atoms with Crippen LogP contribution in [0.15, 0.2) is 0 Å². The Labute approximate surface area is 77.7 Å². The molecule has 0 spiro atoms. The molecule has 0 fully saturated rings. The zero-order chi connectivity index (χ0) is 9.23. The van der Waals surface area contributed by atoms with Crippen LogP contribution in [-0.2, 0) is 8.98 Å². The highest BCUT2D eigenvalue weighted by Gasteiger charge is 1.99. The molecule has 1 N–H and O–H groups in total. The number of hydrogen-bond acceptors (Lipinski definition) is 4. The van der Waals surface area contributed by atoms with Crippen molar-refractivity contribution in [3.05, 3.63) is 0 Å². The molecule has 3 nitrogen and oxygen atoms in total. The minimum atomic E-state index is -0.445. The van der Waals surface area contributed by atoms with E-state index in [-0.39, 0.29) is 5.12 Å². The number of rotatable bonds is 7. The van der Waals surface area contributed by atoms with Crippen molar-refractivity contribution in [2.75, 3.05) is 13.2 Å². The van der Waals surface area contributed by atoms with Gasteiger partial charge in [0, 0.05) is 0 Å². The standard InChI is InChI=1S/C8H16O3S/c1-2-3-4-5-6-11-12-8(10)7-9/h9H,2-7H2,1H3. The summed E-state index contributed by atoms with van der Waals surface area (Å²) in [6, 6.07) is 0. The summed E-state index contributed by atoms with van der Waals surface area (Å²) in [7, 11) is 0. The fourth-order valence-electron chi connectivity index (χ4n) is 0.722. The first-order valence-corrected chi connectivity index (χ1v) is 4.98. The Morgan fingerprint density at radius 1 is 1.42 bits per heavy atom. The van der Waals surface area contributed by atoms with Crippen LogP contribution < -0.4 is 0 Å². The fraction of sp³-hybridized carbons (Fsp3) is 0.875. The molecule has 12 heavy (non-hydrogen) atoms. The van der Waals surface area contributed by atoms with Crippen LogP contribution in [0, 0.1) is 0 Å². The lowest BCUT2D eigenvalue weighted by molar-refractivity contribution is -0.113. The third-order valence-electron chi connectivity index (χ3n) is 1.36. The SMILES string of the molecule is CCCCCCOSC(=O)CO. The van der Waals surface area contributed by atoms with Crippen molar-refractivity contribution < 1.29 is 14.1 Å². The van der Waals surface area contributed by atoms with Crippen LogP contribution in [0.3, 0.4) is 0 Å². The Bertz CT molecular complexity index is 117. The summed E-state index contributed by atoms with van der Waals surface area (Å²) in [5, 5.41) is 8.00. The quantitative estimate of drug-likeness (QED) is 0.493. The molecular weight excluding hydrogens is 176 g/mol. The summed E-state index contributed by atoms with van der Waals surface area (Å²) in [6.45, 7) is 2.29. The van der Waals surface area contributed by atoms with E-state index in [1.165, 1.54) is 12.8 Å². The average molecular weight is 192 g/mol. The Kier molecular flexibility index (Phi) is 8.99. The smallest absolute Gasteiger partial charge is 0.240 e. The third-order valence-corrected chi connectivity index (χ3v) is 1.96. The summed E-state index contributed by atoms with van der Waals surface area (Å²) >= 11 is 0.746. The largest absolute Gasteiger partial charge is 0.388 e. The van der Waals surface area contributed by atoms with Gasteiger partial charge in [-0.1, -0.05) is 26.2 Å². The van der Waals surface area contributed by atoms with Crippen LogP contribution in [-0.4, -0.2) is 23.4 Å². The Morgan fingerprint density at radius 2 is 2.17 bits per heavy atom. The molecule has 72 valence electrons. The zero-order valence-corrected chi connectivity index (χ0v) is 8.23. The molecule has 0 aliphatic rings. The van der Waals surface area contributed by atoms with Crippen LogP contribution >= 0.6 is 12.0 Å². The molecule has 0 saturated carbocycles. The van der Waals surface area contributed by atoms with Crippen LogP contribution in [0.2, 0.25) is 0 Å². The van der Waals surface area contributed by atoms with Crippen molar-refractivity contribution in [1.82, 2.24) is 0 Å². The van der Waals surface area contributed by atoms with Gasteiger partial charge in [-0.05, 0) is 6.42 Å². The first kappa shape index (κ1) is 11.9. The van der Waals surface area contributed by atoms with Gasteiger partial charge < -0.3 is 9.29 Å². The molecule has 0 aromatic carbocycles. The number of carbonyl (C=O) groups excluding carboxylic acids is 1. The molecule has 0 saturated heterocycles. The molecule has 4 heteroatoms. The lowest BCUT2D eigenvalue weighted by Gasteiger charge is -1.99. The number of unbranched alkanes of at least 4 members (excludes halogenated alkanes) is 3. The van der Waals surface area contributed by atoms with E-state index in [1.54, 1.807) is 0 Å². The van der Waals surface area contributed by atoms with Gasteiger partial charge in [-0.15, -0.1) is 0 Å². The summed E-state index contributed by atoms with van der Waals surface area (Å²) in [5.41, 5.74) is 0. The average Bonchev–Trinajstić information content (AvgIpc) is 2.10. The molecule has 0 rings (SSSR count). The van der Waals surface area contributed by atoms with Crippen molar-refractivity contribution in [3.8, 4) is 0 Å². The van der Waals surface area contributed by atoms with Crippen LogP contribution in [0.1, 0.15) is 32.6 Å². The van der Waals surface area contributed by atoms with Crippen molar-refractivity contribution in [1.29, 1.82) is 0 Å². The maximum Gasteiger partial charge on any atom is 0.240 e. The van der Waals surface area contributed by atoms with Gasteiger partial charge >= 0.3 is 0 Å². The first-order valence-electron chi connectivity index (χ1n) is 4.24. The predicted molar refractivity (Wildman–Crippen MR) is 49.8 cm³/mol. The fourth-order valence-corrected chi connectivity index (χ4v) is 1.11. The number of carbonyl (C=O) groups is 1. The van der Waals surface area contributed by atoms with Gasteiger partial charge in [0.25, 0.3) is 0 Å². The molecule has 0 aliphatic heterocycles. The van der Waals surface area contributed by atoms with Gasteiger partial charge in [0.1, 0.15) is 6.61 Å². The van der Waals surface area contributed by atoms with Gasteiger partial charge in [0.15, 0.2) is 0 Å². The van der Waals surface area contributed by atoms with E-state index in [9.17, 15) is 4.79 Å². The van der Waals surface area contributed by atoms with E-state index < -0.39 is 6.61 Å². The van der Waals surface area contributed by atoms with Gasteiger partial charge in [-0.2, -0.15) is 0 Å². The Hall–Kier alpha value is -0.0600. The van der Waals surface area contributed by atoms with E-state index in [0.717, 1.165) is 24.9 Å². The highest BCUT2D eigenvalue weighted by atomic mass is 32.2. The van der Waals surface area contributed by atoms with E-state index in [1.807, 2.05) is 0 Å². The highest BCUT2D eigenvalue weighted by Crippen LogP contribution is 2.06. The van der Waals surface area contributed by atoms with E-state index in [4.69, 9.17) is 9.29 Å². The summed E-state index contributed by atoms with van der Waals surface area (Å²) in [5.74, 6) is 0. The Morgan fingerprint density at radius 3 is 2.75 bits per heavy atom. The number of hydrogen-bond donors (Lipinski definition) is 1. The van der Waals surface area contributed by atoms with Crippen molar-refractivity contribution in [2.24, 2.45) is 0 Å². The van der Waals surface area contributed by atoms with Crippen LogP contribution in [0.4, 0.5) is 0 Å². The summed E-state index contributed by atoms with van der Waals surface area (Å²) in [6.07, 6.45) is 4.54. The predicted octanol–water partition coefficient (Wildman–Crippen LogP) is 1.75. The molecule has 0 aliphatic carbocycles. The van der Waals surface area contributed by atoms with Crippen LogP contribution in [0.25, 0.3) is 0 Å². The second-order valence-electron chi connectivity index (χ2n) is 2.50. The molecule has 0 aromatic rings. The van der Waals surface area contributed by atoms with Crippen molar-refractivity contribution in [3.63, 3.8) is 0 Å². The molecule has 0 heterocycles. The molecule has 0 atom stereocenters. The minimum Gasteiger partial charge on any atom is -0.388 e. The van der Waals surface area contributed by atoms with E-state index in [2.05, 4.69) is 6.92 Å². The molecule has 0 bridgehead atoms.